The van der Waals surface area contributed by atoms with Crippen molar-refractivity contribution >= 4 is 16.8 Å². The minimum Gasteiger partial charge on any atom is -0.339 e. The lowest BCUT2D eigenvalue weighted by Gasteiger charge is -2.27. The van der Waals surface area contributed by atoms with E-state index in [-0.39, 0.29) is 11.7 Å². The second kappa shape index (κ2) is 5.19. The van der Waals surface area contributed by atoms with Crippen LogP contribution in [0, 0.1) is 12.7 Å². The van der Waals surface area contributed by atoms with Gasteiger partial charge in [0.05, 0.1) is 16.8 Å². The number of aryl methyl sites for hydroxylation is 1. The van der Waals surface area contributed by atoms with Crippen LogP contribution in [0.1, 0.15) is 35.3 Å². The van der Waals surface area contributed by atoms with Crippen LogP contribution in [0.25, 0.3) is 10.9 Å². The monoisotopic (exact) mass is 272 g/mol. The summed E-state index contributed by atoms with van der Waals surface area (Å²) in [4.78, 5) is 18.8. The Morgan fingerprint density at radius 1 is 1.20 bits per heavy atom. The summed E-state index contributed by atoms with van der Waals surface area (Å²) in [5.41, 5.74) is 2.02. The lowest BCUT2D eigenvalue weighted by Crippen LogP contribution is -2.36. The van der Waals surface area contributed by atoms with Gasteiger partial charge in [-0.05, 0) is 50.5 Å². The fourth-order valence-corrected chi connectivity index (χ4v) is 2.73. The molecule has 1 fully saturated rings. The highest BCUT2D eigenvalue weighted by Gasteiger charge is 2.20. The summed E-state index contributed by atoms with van der Waals surface area (Å²) in [5, 5.41) is 0.677. The maximum atomic E-state index is 13.3. The van der Waals surface area contributed by atoms with E-state index in [1.54, 1.807) is 12.1 Å². The van der Waals surface area contributed by atoms with Crippen LogP contribution in [0.3, 0.4) is 0 Å². The molecule has 1 amide bonds. The van der Waals surface area contributed by atoms with Crippen molar-refractivity contribution in [3.8, 4) is 0 Å². The van der Waals surface area contributed by atoms with Crippen LogP contribution in [-0.4, -0.2) is 28.9 Å². The number of hydrogen-bond acceptors (Lipinski definition) is 2. The van der Waals surface area contributed by atoms with E-state index >= 15 is 0 Å². The minimum atomic E-state index is -0.306. The number of pyridine rings is 1. The van der Waals surface area contributed by atoms with Gasteiger partial charge in [0.15, 0.2) is 0 Å². The van der Waals surface area contributed by atoms with Crippen LogP contribution in [-0.2, 0) is 0 Å². The standard InChI is InChI=1S/C16H17FN2O/c1-11-14(16(20)19-7-3-2-4-8-19)10-12-9-13(17)5-6-15(12)18-11/h5-6,9-10H,2-4,7-8H2,1H3. The molecule has 3 rings (SSSR count). The summed E-state index contributed by atoms with van der Waals surface area (Å²) in [5.74, 6) is -0.291. The number of likely N-dealkylation sites (tertiary alicyclic amines) is 1. The lowest BCUT2D eigenvalue weighted by atomic mass is 10.1. The zero-order valence-corrected chi connectivity index (χ0v) is 11.5. The van der Waals surface area contributed by atoms with E-state index in [1.165, 1.54) is 18.6 Å². The molecule has 0 atom stereocenters. The number of carbonyl (C=O) groups excluding carboxylic acids is 1. The number of fused-ring (bicyclic) bond motifs is 1. The van der Waals surface area contributed by atoms with E-state index in [0.717, 1.165) is 31.4 Å². The van der Waals surface area contributed by atoms with Crippen LogP contribution < -0.4 is 0 Å². The largest absolute Gasteiger partial charge is 0.339 e. The zero-order chi connectivity index (χ0) is 14.1. The van der Waals surface area contributed by atoms with Gasteiger partial charge < -0.3 is 4.90 Å². The van der Waals surface area contributed by atoms with E-state index in [0.29, 0.717) is 16.6 Å². The Morgan fingerprint density at radius 3 is 2.70 bits per heavy atom. The molecule has 1 aliphatic rings. The van der Waals surface area contributed by atoms with Crippen molar-refractivity contribution in [2.45, 2.75) is 26.2 Å². The predicted octanol–water partition coefficient (Wildman–Crippen LogP) is 3.31. The fraction of sp³-hybridized carbons (Fsp3) is 0.375. The van der Waals surface area contributed by atoms with Crippen LogP contribution in [0.15, 0.2) is 24.3 Å². The van der Waals surface area contributed by atoms with Gasteiger partial charge in [-0.2, -0.15) is 0 Å². The third-order valence-electron chi connectivity index (χ3n) is 3.84. The first-order valence-corrected chi connectivity index (χ1v) is 7.01. The van der Waals surface area contributed by atoms with E-state index in [4.69, 9.17) is 0 Å². The van der Waals surface area contributed by atoms with E-state index in [9.17, 15) is 9.18 Å². The van der Waals surface area contributed by atoms with Crippen molar-refractivity contribution in [2.24, 2.45) is 0 Å². The first kappa shape index (κ1) is 13.0. The van der Waals surface area contributed by atoms with Gasteiger partial charge in [0.1, 0.15) is 5.82 Å². The van der Waals surface area contributed by atoms with Crippen LogP contribution in [0.4, 0.5) is 4.39 Å². The molecule has 4 heteroatoms. The average Bonchev–Trinajstić information content (AvgIpc) is 2.47. The summed E-state index contributed by atoms with van der Waals surface area (Å²) in [6.07, 6.45) is 3.30. The number of piperidine rings is 1. The first-order chi connectivity index (χ1) is 9.65. The number of aromatic nitrogens is 1. The summed E-state index contributed by atoms with van der Waals surface area (Å²) < 4.78 is 13.3. The van der Waals surface area contributed by atoms with Crippen molar-refractivity contribution in [2.75, 3.05) is 13.1 Å². The van der Waals surface area contributed by atoms with Gasteiger partial charge in [0, 0.05) is 18.5 Å². The maximum absolute atomic E-state index is 13.3. The van der Waals surface area contributed by atoms with E-state index in [1.807, 2.05) is 11.8 Å². The highest BCUT2D eigenvalue weighted by atomic mass is 19.1. The summed E-state index contributed by atoms with van der Waals surface area (Å²) in [6, 6.07) is 6.22. The van der Waals surface area contributed by atoms with Crippen molar-refractivity contribution in [3.05, 3.63) is 41.3 Å². The Hall–Kier alpha value is -1.97. The van der Waals surface area contributed by atoms with Crippen LogP contribution in [0.2, 0.25) is 0 Å². The number of hydrogen-bond donors (Lipinski definition) is 0. The Labute approximate surface area is 117 Å². The fourth-order valence-electron chi connectivity index (χ4n) is 2.73. The van der Waals surface area contributed by atoms with Crippen molar-refractivity contribution < 1.29 is 9.18 Å². The molecule has 0 aliphatic carbocycles. The van der Waals surface area contributed by atoms with Crippen LogP contribution in [0.5, 0.6) is 0 Å². The molecule has 104 valence electrons. The third-order valence-corrected chi connectivity index (χ3v) is 3.84. The number of benzene rings is 1. The molecule has 3 nitrogen and oxygen atoms in total. The average molecular weight is 272 g/mol. The normalized spacial score (nSPS) is 15.6. The molecule has 0 N–H and O–H groups in total. The Balaban J connectivity index is 2.01. The topological polar surface area (TPSA) is 33.2 Å². The molecule has 1 aliphatic heterocycles. The number of halogens is 1. The lowest BCUT2D eigenvalue weighted by molar-refractivity contribution is 0.0723. The van der Waals surface area contributed by atoms with E-state index in [2.05, 4.69) is 4.98 Å². The molecular weight excluding hydrogens is 255 g/mol. The molecule has 2 heterocycles. The number of rotatable bonds is 1. The molecular formula is C16H17FN2O. The van der Waals surface area contributed by atoms with E-state index < -0.39 is 0 Å². The zero-order valence-electron chi connectivity index (χ0n) is 11.5. The number of nitrogens with zero attached hydrogens (tertiary/aromatic N) is 2. The first-order valence-electron chi connectivity index (χ1n) is 7.01. The van der Waals surface area contributed by atoms with Gasteiger partial charge in [-0.1, -0.05) is 0 Å². The van der Waals surface area contributed by atoms with Crippen molar-refractivity contribution in [1.82, 2.24) is 9.88 Å². The molecule has 0 bridgehead atoms. The summed E-state index contributed by atoms with van der Waals surface area (Å²) in [6.45, 7) is 3.44. The number of amides is 1. The molecule has 0 unspecified atom stereocenters. The molecule has 1 aromatic carbocycles. The third kappa shape index (κ3) is 2.38. The van der Waals surface area contributed by atoms with Gasteiger partial charge in [0.25, 0.3) is 5.91 Å². The second-order valence-corrected chi connectivity index (χ2v) is 5.31. The Kier molecular flexibility index (Phi) is 3.38. The van der Waals surface area contributed by atoms with Crippen LogP contribution >= 0.6 is 0 Å². The molecule has 1 aromatic heterocycles. The number of carbonyl (C=O) groups is 1. The van der Waals surface area contributed by atoms with Crippen molar-refractivity contribution in [1.29, 1.82) is 0 Å². The van der Waals surface area contributed by atoms with Gasteiger partial charge in [-0.25, -0.2) is 4.39 Å². The molecule has 1 saturated heterocycles. The Morgan fingerprint density at radius 2 is 1.95 bits per heavy atom. The van der Waals surface area contributed by atoms with Gasteiger partial charge in [-0.3, -0.25) is 9.78 Å². The highest BCUT2D eigenvalue weighted by molar-refractivity contribution is 5.98. The van der Waals surface area contributed by atoms with Gasteiger partial charge in [-0.15, -0.1) is 0 Å². The minimum absolute atomic E-state index is 0.0147. The second-order valence-electron chi connectivity index (χ2n) is 5.31. The predicted molar refractivity (Wildman–Crippen MR) is 76.2 cm³/mol. The SMILES string of the molecule is Cc1nc2ccc(F)cc2cc1C(=O)N1CCCCC1. The van der Waals surface area contributed by atoms with Crippen molar-refractivity contribution in [3.63, 3.8) is 0 Å². The quantitative estimate of drug-likeness (QED) is 0.798. The van der Waals surface area contributed by atoms with Gasteiger partial charge >= 0.3 is 0 Å². The molecule has 0 radical (unpaired) electrons. The molecule has 2 aromatic rings. The maximum Gasteiger partial charge on any atom is 0.255 e. The molecule has 20 heavy (non-hydrogen) atoms. The molecule has 0 saturated carbocycles. The smallest absolute Gasteiger partial charge is 0.255 e. The molecule has 0 spiro atoms. The Bertz CT molecular complexity index is 663. The van der Waals surface area contributed by atoms with Gasteiger partial charge in [0.2, 0.25) is 0 Å². The summed E-state index contributed by atoms with van der Waals surface area (Å²) in [7, 11) is 0. The highest BCUT2D eigenvalue weighted by Crippen LogP contribution is 2.20. The summed E-state index contributed by atoms with van der Waals surface area (Å²) >= 11 is 0.